The molecule has 0 saturated carbocycles. The summed E-state index contributed by atoms with van der Waals surface area (Å²) in [7, 11) is 0. The first-order valence-corrected chi connectivity index (χ1v) is 10.2. The van der Waals surface area contributed by atoms with Crippen LogP contribution in [-0.4, -0.2) is 22.4 Å². The van der Waals surface area contributed by atoms with Gasteiger partial charge in [-0.05, 0) is 95.2 Å². The van der Waals surface area contributed by atoms with Crippen LogP contribution >= 0.6 is 0 Å². The van der Waals surface area contributed by atoms with Crippen molar-refractivity contribution in [3.05, 3.63) is 68.8 Å². The Labute approximate surface area is 176 Å². The number of allylic oxidation sites excluding steroid dienone is 1. The summed E-state index contributed by atoms with van der Waals surface area (Å²) in [6.07, 6.45) is 1.57. The fourth-order valence-corrected chi connectivity index (χ4v) is 3.85. The van der Waals surface area contributed by atoms with Gasteiger partial charge < -0.3 is 14.9 Å². The molecule has 0 bridgehead atoms. The lowest BCUT2D eigenvalue weighted by molar-refractivity contribution is 0.0442. The molecule has 1 heterocycles. The summed E-state index contributed by atoms with van der Waals surface area (Å²) in [5, 5.41) is 19.3. The van der Waals surface area contributed by atoms with E-state index < -0.39 is 5.60 Å². The van der Waals surface area contributed by atoms with Gasteiger partial charge in [-0.3, -0.25) is 0 Å². The quantitative estimate of drug-likeness (QED) is 0.651. The maximum atomic E-state index is 9.97. The van der Waals surface area contributed by atoms with Gasteiger partial charge in [0.1, 0.15) is 17.1 Å². The summed E-state index contributed by atoms with van der Waals surface area (Å²) in [5.74, 6) is 1.43. The highest BCUT2D eigenvalue weighted by molar-refractivity contribution is 5.53. The highest BCUT2D eigenvalue weighted by atomic mass is 16.5. The summed E-state index contributed by atoms with van der Waals surface area (Å²) < 4.78 is 5.89. The van der Waals surface area contributed by atoms with Crippen molar-refractivity contribution in [3.63, 3.8) is 0 Å². The number of rotatable bonds is 3. The molecule has 3 heteroatoms. The number of benzene rings is 2. The van der Waals surface area contributed by atoms with Gasteiger partial charge in [0, 0.05) is 17.5 Å². The zero-order valence-electron chi connectivity index (χ0n) is 19.3. The molecule has 2 aromatic rings. The molecule has 1 atom stereocenters. The molecule has 3 rings (SSSR count). The molecule has 0 saturated heterocycles. The fourth-order valence-electron chi connectivity index (χ4n) is 3.85. The molecular formula is C26H36O3. The van der Waals surface area contributed by atoms with Crippen LogP contribution in [-0.2, 0) is 12.8 Å². The number of aryl methyl sites for hydroxylation is 4. The second-order valence-electron chi connectivity index (χ2n) is 8.93. The Morgan fingerprint density at radius 2 is 1.55 bits per heavy atom. The summed E-state index contributed by atoms with van der Waals surface area (Å²) in [5.41, 5.74) is 9.92. The molecule has 1 aliphatic heterocycles. The molecule has 1 aliphatic rings. The van der Waals surface area contributed by atoms with Crippen LogP contribution in [0.5, 0.6) is 11.5 Å². The van der Waals surface area contributed by atoms with Gasteiger partial charge >= 0.3 is 0 Å². The van der Waals surface area contributed by atoms with Crippen molar-refractivity contribution in [3.8, 4) is 11.5 Å². The molecule has 158 valence electrons. The third-order valence-electron chi connectivity index (χ3n) is 5.97. The monoisotopic (exact) mass is 396 g/mol. The predicted octanol–water partition coefficient (Wildman–Crippen LogP) is 5.73. The molecule has 0 spiro atoms. The van der Waals surface area contributed by atoms with Crippen LogP contribution in [0.3, 0.4) is 0 Å². The van der Waals surface area contributed by atoms with Crippen molar-refractivity contribution < 1.29 is 14.9 Å². The second kappa shape index (κ2) is 8.62. The van der Waals surface area contributed by atoms with Crippen molar-refractivity contribution in [2.75, 3.05) is 6.61 Å². The minimum Gasteiger partial charge on any atom is -0.507 e. The van der Waals surface area contributed by atoms with E-state index in [9.17, 15) is 10.2 Å². The third kappa shape index (κ3) is 4.84. The Kier molecular flexibility index (Phi) is 6.85. The molecule has 0 aromatic heterocycles. The third-order valence-corrected chi connectivity index (χ3v) is 5.97. The SMILES string of the molecule is C=C(C)Cc1c(C)cc(C)c(C)c1O.Cc1cc(C)c2c(c1C)OC(C)(CO)C2. The summed E-state index contributed by atoms with van der Waals surface area (Å²) in [4.78, 5) is 0. The highest BCUT2D eigenvalue weighted by Gasteiger charge is 2.36. The van der Waals surface area contributed by atoms with Gasteiger partial charge in [0.15, 0.2) is 0 Å². The first kappa shape index (κ1) is 23.0. The zero-order chi connectivity index (χ0) is 22.1. The van der Waals surface area contributed by atoms with Crippen LogP contribution in [0.25, 0.3) is 0 Å². The average molecular weight is 397 g/mol. The average Bonchev–Trinajstić information content (AvgIpc) is 3.01. The summed E-state index contributed by atoms with van der Waals surface area (Å²) in [6, 6.07) is 4.31. The van der Waals surface area contributed by atoms with Crippen LogP contribution in [0.2, 0.25) is 0 Å². The predicted molar refractivity (Wildman–Crippen MR) is 121 cm³/mol. The van der Waals surface area contributed by atoms with E-state index in [2.05, 4.69) is 39.5 Å². The van der Waals surface area contributed by atoms with Crippen LogP contribution in [0.1, 0.15) is 58.4 Å². The number of hydrogen-bond acceptors (Lipinski definition) is 3. The number of phenols is 1. The van der Waals surface area contributed by atoms with E-state index in [0.29, 0.717) is 5.75 Å². The van der Waals surface area contributed by atoms with Gasteiger partial charge in [-0.25, -0.2) is 0 Å². The van der Waals surface area contributed by atoms with E-state index in [0.717, 1.165) is 46.4 Å². The van der Waals surface area contributed by atoms with Crippen molar-refractivity contribution in [1.82, 2.24) is 0 Å². The van der Waals surface area contributed by atoms with Gasteiger partial charge in [-0.1, -0.05) is 24.3 Å². The lowest BCUT2D eigenvalue weighted by atomic mass is 9.94. The smallest absolute Gasteiger partial charge is 0.133 e. The molecule has 1 unspecified atom stereocenters. The largest absolute Gasteiger partial charge is 0.507 e. The Bertz CT molecular complexity index is 940. The van der Waals surface area contributed by atoms with E-state index in [1.54, 1.807) is 0 Å². The first-order chi connectivity index (χ1) is 13.4. The van der Waals surface area contributed by atoms with Crippen molar-refractivity contribution in [2.45, 2.75) is 73.8 Å². The molecule has 0 radical (unpaired) electrons. The fraction of sp³-hybridized carbons (Fsp3) is 0.462. The van der Waals surface area contributed by atoms with Gasteiger partial charge in [0.25, 0.3) is 0 Å². The number of hydrogen-bond donors (Lipinski definition) is 2. The Morgan fingerprint density at radius 3 is 2.10 bits per heavy atom. The molecule has 2 aromatic carbocycles. The van der Waals surface area contributed by atoms with Crippen LogP contribution in [0.4, 0.5) is 0 Å². The van der Waals surface area contributed by atoms with Crippen LogP contribution in [0.15, 0.2) is 24.3 Å². The van der Waals surface area contributed by atoms with E-state index in [-0.39, 0.29) is 6.61 Å². The van der Waals surface area contributed by atoms with Gasteiger partial charge in [0.05, 0.1) is 6.61 Å². The minimum atomic E-state index is -0.425. The Hall–Kier alpha value is -2.26. The van der Waals surface area contributed by atoms with E-state index in [4.69, 9.17) is 4.74 Å². The molecule has 3 nitrogen and oxygen atoms in total. The zero-order valence-corrected chi connectivity index (χ0v) is 19.3. The van der Waals surface area contributed by atoms with Crippen molar-refractivity contribution in [1.29, 1.82) is 0 Å². The maximum absolute atomic E-state index is 9.97. The van der Waals surface area contributed by atoms with E-state index >= 15 is 0 Å². The lowest BCUT2D eigenvalue weighted by Gasteiger charge is -2.21. The number of aliphatic hydroxyl groups is 1. The normalized spacial score (nSPS) is 17.3. The number of phenolic OH excluding ortho intramolecular Hbond substituents is 1. The van der Waals surface area contributed by atoms with Crippen LogP contribution in [0, 0.1) is 41.5 Å². The molecule has 0 amide bonds. The highest BCUT2D eigenvalue weighted by Crippen LogP contribution is 2.40. The number of aromatic hydroxyl groups is 1. The molecule has 0 fully saturated rings. The number of fused-ring (bicyclic) bond motifs is 1. The summed E-state index contributed by atoms with van der Waals surface area (Å²) >= 11 is 0. The van der Waals surface area contributed by atoms with Crippen molar-refractivity contribution >= 4 is 0 Å². The second-order valence-corrected chi connectivity index (χ2v) is 8.93. The van der Waals surface area contributed by atoms with E-state index in [1.165, 1.54) is 22.3 Å². The number of ether oxygens (including phenoxy) is 1. The topological polar surface area (TPSA) is 49.7 Å². The molecule has 2 N–H and O–H groups in total. The molecule has 0 aliphatic carbocycles. The Balaban J connectivity index is 0.000000208. The molecular weight excluding hydrogens is 360 g/mol. The first-order valence-electron chi connectivity index (χ1n) is 10.2. The lowest BCUT2D eigenvalue weighted by Crippen LogP contribution is -2.34. The van der Waals surface area contributed by atoms with Gasteiger partial charge in [0.2, 0.25) is 0 Å². The van der Waals surface area contributed by atoms with Crippen LogP contribution < -0.4 is 4.74 Å². The summed E-state index contributed by atoms with van der Waals surface area (Å²) in [6.45, 7) is 20.2. The van der Waals surface area contributed by atoms with Gasteiger partial charge in [-0.15, -0.1) is 0 Å². The Morgan fingerprint density at radius 1 is 1.00 bits per heavy atom. The van der Waals surface area contributed by atoms with E-state index in [1.807, 2.05) is 34.6 Å². The minimum absolute atomic E-state index is 0.0691. The maximum Gasteiger partial charge on any atom is 0.133 e. The standard InChI is InChI=1S/C13H18O2.C13H18O/c1-8-5-9(2)11-6-13(4,7-14)15-12(11)10(8)3;1-8(2)6-12-10(4)7-9(3)11(5)13(12)14/h5,14H,6-7H2,1-4H3;7,14H,1,6H2,2-5H3. The molecule has 29 heavy (non-hydrogen) atoms. The van der Waals surface area contributed by atoms with Crippen molar-refractivity contribution in [2.24, 2.45) is 0 Å². The van der Waals surface area contributed by atoms with Gasteiger partial charge in [-0.2, -0.15) is 0 Å². The number of aliphatic hydroxyl groups excluding tert-OH is 1.